The minimum atomic E-state index is -0.888. The van der Waals surface area contributed by atoms with Gasteiger partial charge in [0.25, 0.3) is 11.8 Å². The van der Waals surface area contributed by atoms with Crippen molar-refractivity contribution >= 4 is 41.0 Å². The lowest BCUT2D eigenvalue weighted by Crippen LogP contribution is -2.55. The predicted molar refractivity (Wildman–Crippen MR) is 123 cm³/mol. The van der Waals surface area contributed by atoms with Gasteiger partial charge in [0.05, 0.1) is 16.1 Å². The fourth-order valence-corrected chi connectivity index (χ4v) is 4.49. The lowest BCUT2D eigenvalue weighted by Gasteiger charge is -2.37. The fourth-order valence-electron chi connectivity index (χ4n) is 4.38. The van der Waals surface area contributed by atoms with Gasteiger partial charge in [-0.25, -0.2) is 4.98 Å². The van der Waals surface area contributed by atoms with E-state index in [0.29, 0.717) is 47.9 Å². The Kier molecular flexibility index (Phi) is 6.47. The summed E-state index contributed by atoms with van der Waals surface area (Å²) < 4.78 is 0. The summed E-state index contributed by atoms with van der Waals surface area (Å²) in [5.41, 5.74) is 0.652. The van der Waals surface area contributed by atoms with Crippen LogP contribution in [0.2, 0.25) is 5.02 Å². The van der Waals surface area contributed by atoms with Crippen LogP contribution < -0.4 is 5.32 Å². The third-order valence-corrected chi connectivity index (χ3v) is 6.37. The summed E-state index contributed by atoms with van der Waals surface area (Å²) >= 11 is 5.82. The first-order chi connectivity index (χ1) is 15.8. The Morgan fingerprint density at radius 3 is 2.15 bits per heavy atom. The molecule has 2 aliphatic rings. The van der Waals surface area contributed by atoms with Crippen molar-refractivity contribution in [1.82, 2.24) is 14.8 Å². The zero-order chi connectivity index (χ0) is 23.7. The van der Waals surface area contributed by atoms with E-state index in [0.717, 1.165) is 4.90 Å². The second-order valence-electron chi connectivity index (χ2n) is 8.67. The number of pyridine rings is 1. The summed E-state index contributed by atoms with van der Waals surface area (Å²) in [6.07, 6.45) is 2.43. The number of hydrogen-bond acceptors (Lipinski definition) is 5. The number of anilines is 1. The van der Waals surface area contributed by atoms with E-state index in [1.165, 1.54) is 6.20 Å². The van der Waals surface area contributed by atoms with Crippen LogP contribution in [0.5, 0.6) is 0 Å². The number of hydrogen-bond donors (Lipinski definition) is 1. The zero-order valence-corrected chi connectivity index (χ0v) is 19.2. The van der Waals surface area contributed by atoms with Crippen LogP contribution in [0.4, 0.5) is 5.82 Å². The summed E-state index contributed by atoms with van der Waals surface area (Å²) in [4.78, 5) is 58.7. The van der Waals surface area contributed by atoms with Crippen LogP contribution in [-0.4, -0.2) is 57.5 Å². The van der Waals surface area contributed by atoms with E-state index in [-0.39, 0.29) is 23.7 Å². The number of carbonyl (C=O) groups is 4. The van der Waals surface area contributed by atoms with Crippen molar-refractivity contribution in [3.63, 3.8) is 0 Å². The number of imide groups is 1. The number of rotatable bonds is 5. The van der Waals surface area contributed by atoms with Crippen molar-refractivity contribution in [2.24, 2.45) is 11.8 Å². The number of nitrogens with one attached hydrogen (secondary N) is 1. The Bertz CT molecular complexity index is 1060. The normalized spacial score (nSPS) is 17.3. The van der Waals surface area contributed by atoms with Gasteiger partial charge in [0.2, 0.25) is 11.8 Å². The molecule has 0 bridgehead atoms. The Labute approximate surface area is 196 Å². The van der Waals surface area contributed by atoms with Gasteiger partial charge >= 0.3 is 0 Å². The minimum absolute atomic E-state index is 0.155. The van der Waals surface area contributed by atoms with Crippen molar-refractivity contribution < 1.29 is 19.2 Å². The van der Waals surface area contributed by atoms with Gasteiger partial charge in [0.15, 0.2) is 0 Å². The topological polar surface area (TPSA) is 99.7 Å². The van der Waals surface area contributed by atoms with Crippen LogP contribution >= 0.6 is 11.6 Å². The van der Waals surface area contributed by atoms with Crippen molar-refractivity contribution in [1.29, 1.82) is 0 Å². The highest BCUT2D eigenvalue weighted by Gasteiger charge is 2.45. The van der Waals surface area contributed by atoms with Gasteiger partial charge in [-0.15, -0.1) is 0 Å². The van der Waals surface area contributed by atoms with Gasteiger partial charge in [-0.05, 0) is 43.0 Å². The van der Waals surface area contributed by atoms with Gasteiger partial charge in [0.1, 0.15) is 11.9 Å². The Balaban J connectivity index is 1.41. The maximum atomic E-state index is 13.4. The van der Waals surface area contributed by atoms with Gasteiger partial charge in [-0.1, -0.05) is 37.6 Å². The molecule has 172 valence electrons. The molecule has 4 amide bonds. The summed E-state index contributed by atoms with van der Waals surface area (Å²) in [6.45, 7) is 4.39. The first-order valence-corrected chi connectivity index (χ1v) is 11.3. The molecule has 2 aromatic rings. The molecule has 8 nitrogen and oxygen atoms in total. The quantitative estimate of drug-likeness (QED) is 0.679. The van der Waals surface area contributed by atoms with Gasteiger partial charge in [-0.3, -0.25) is 24.1 Å². The average Bonchev–Trinajstić information content (AvgIpc) is 3.06. The van der Waals surface area contributed by atoms with E-state index in [2.05, 4.69) is 10.3 Å². The molecule has 1 unspecified atom stereocenters. The molecule has 1 N–H and O–H groups in total. The Hall–Kier alpha value is -3.26. The molecule has 3 heterocycles. The predicted octanol–water partition coefficient (Wildman–Crippen LogP) is 3.23. The molecule has 2 aliphatic heterocycles. The molecule has 0 saturated carbocycles. The summed E-state index contributed by atoms with van der Waals surface area (Å²) in [5.74, 6) is -1.39. The number of carbonyl (C=O) groups excluding carboxylic acids is 4. The van der Waals surface area contributed by atoms with E-state index in [1.54, 1.807) is 41.3 Å². The summed E-state index contributed by atoms with van der Waals surface area (Å²) in [7, 11) is 0. The van der Waals surface area contributed by atoms with Crippen LogP contribution in [0.15, 0.2) is 42.6 Å². The monoisotopic (exact) mass is 468 g/mol. The number of nitrogens with zero attached hydrogens (tertiary/aromatic N) is 3. The second-order valence-corrected chi connectivity index (χ2v) is 9.10. The molecule has 0 aliphatic carbocycles. The SMILES string of the molecule is CC(C)C(C(=O)N1CCC(C(=O)Nc2ccc(Cl)cn2)CC1)N1C(=O)c2ccccc2C1=O. The third kappa shape index (κ3) is 4.48. The molecule has 4 rings (SSSR count). The number of likely N-dealkylation sites (tertiary alicyclic amines) is 1. The molecule has 33 heavy (non-hydrogen) atoms. The molecule has 0 spiro atoms. The first kappa shape index (κ1) is 22.9. The van der Waals surface area contributed by atoms with E-state index in [4.69, 9.17) is 11.6 Å². The molecule has 1 saturated heterocycles. The summed E-state index contributed by atoms with van der Waals surface area (Å²) in [5, 5.41) is 3.26. The van der Waals surface area contributed by atoms with Crippen LogP contribution in [0, 0.1) is 11.8 Å². The van der Waals surface area contributed by atoms with E-state index >= 15 is 0 Å². The number of benzene rings is 1. The average molecular weight is 469 g/mol. The Morgan fingerprint density at radius 2 is 1.64 bits per heavy atom. The fraction of sp³-hybridized carbons (Fsp3) is 0.375. The molecule has 1 aromatic carbocycles. The molecular weight excluding hydrogens is 444 g/mol. The van der Waals surface area contributed by atoms with Crippen molar-refractivity contribution in [2.45, 2.75) is 32.7 Å². The van der Waals surface area contributed by atoms with Gasteiger partial charge < -0.3 is 10.2 Å². The molecule has 1 atom stereocenters. The lowest BCUT2D eigenvalue weighted by atomic mass is 9.94. The van der Waals surface area contributed by atoms with E-state index in [9.17, 15) is 19.2 Å². The maximum Gasteiger partial charge on any atom is 0.262 e. The minimum Gasteiger partial charge on any atom is -0.341 e. The molecule has 9 heteroatoms. The number of halogens is 1. The highest BCUT2D eigenvalue weighted by molar-refractivity contribution is 6.30. The number of amides is 4. The van der Waals surface area contributed by atoms with Crippen molar-refractivity contribution in [3.05, 3.63) is 58.7 Å². The highest BCUT2D eigenvalue weighted by atomic mass is 35.5. The number of piperidine rings is 1. The lowest BCUT2D eigenvalue weighted by molar-refractivity contribution is -0.139. The van der Waals surface area contributed by atoms with Crippen molar-refractivity contribution in [3.8, 4) is 0 Å². The van der Waals surface area contributed by atoms with E-state index in [1.807, 2.05) is 13.8 Å². The van der Waals surface area contributed by atoms with Crippen LogP contribution in [0.3, 0.4) is 0 Å². The zero-order valence-electron chi connectivity index (χ0n) is 18.5. The molecular formula is C24H25ClN4O4. The number of aromatic nitrogens is 1. The van der Waals surface area contributed by atoms with Crippen LogP contribution in [0.1, 0.15) is 47.4 Å². The maximum absolute atomic E-state index is 13.4. The first-order valence-electron chi connectivity index (χ1n) is 11.0. The van der Waals surface area contributed by atoms with Gasteiger partial charge in [0, 0.05) is 25.2 Å². The third-order valence-electron chi connectivity index (χ3n) is 6.14. The number of fused-ring (bicyclic) bond motifs is 1. The molecule has 1 fully saturated rings. The van der Waals surface area contributed by atoms with Crippen molar-refractivity contribution in [2.75, 3.05) is 18.4 Å². The Morgan fingerprint density at radius 1 is 1.03 bits per heavy atom. The largest absolute Gasteiger partial charge is 0.341 e. The molecule has 1 aromatic heterocycles. The second kappa shape index (κ2) is 9.31. The van der Waals surface area contributed by atoms with Crippen LogP contribution in [-0.2, 0) is 9.59 Å². The smallest absolute Gasteiger partial charge is 0.262 e. The van der Waals surface area contributed by atoms with E-state index < -0.39 is 17.9 Å². The standard InChI is InChI=1S/C24H25ClN4O4/c1-14(2)20(29-22(31)17-5-3-4-6-18(17)23(29)32)24(33)28-11-9-15(10-12-28)21(30)27-19-8-7-16(25)13-26-19/h3-8,13-15,20H,9-12H2,1-2H3,(H,26,27,30). The summed E-state index contributed by atoms with van der Waals surface area (Å²) in [6, 6.07) is 9.02. The van der Waals surface area contributed by atoms with Crippen LogP contribution in [0.25, 0.3) is 0 Å². The van der Waals surface area contributed by atoms with Gasteiger partial charge in [-0.2, -0.15) is 0 Å². The highest BCUT2D eigenvalue weighted by Crippen LogP contribution is 2.29. The molecule has 0 radical (unpaired) electrons.